The van der Waals surface area contributed by atoms with Crippen LogP contribution in [0.2, 0.25) is 5.02 Å². The lowest BCUT2D eigenvalue weighted by Gasteiger charge is -2.11. The van der Waals surface area contributed by atoms with Gasteiger partial charge in [-0.1, -0.05) is 41.9 Å². The molecule has 0 fully saturated rings. The molecular weight excluding hydrogens is 324 g/mol. The molecule has 0 amide bonds. The second-order valence-electron chi connectivity index (χ2n) is 5.54. The van der Waals surface area contributed by atoms with E-state index >= 15 is 0 Å². The molecule has 2 aromatic carbocycles. The lowest BCUT2D eigenvalue weighted by Crippen LogP contribution is -2.30. The third kappa shape index (κ3) is 2.13. The van der Waals surface area contributed by atoms with Gasteiger partial charge >= 0.3 is 0 Å². The van der Waals surface area contributed by atoms with Crippen LogP contribution in [0.4, 0.5) is 0 Å². The van der Waals surface area contributed by atoms with Crippen LogP contribution in [0.1, 0.15) is 5.82 Å². The molecule has 2 aromatic heterocycles. The highest BCUT2D eigenvalue weighted by atomic mass is 35.5. The molecule has 2 heterocycles. The van der Waals surface area contributed by atoms with Crippen molar-refractivity contribution in [3.63, 3.8) is 0 Å². The van der Waals surface area contributed by atoms with Crippen LogP contribution < -0.4 is 11.4 Å². The number of benzene rings is 2. The predicted octanol–water partition coefficient (Wildman–Crippen LogP) is 3.29. The van der Waals surface area contributed by atoms with Crippen LogP contribution in [-0.2, 0) is 0 Å². The van der Waals surface area contributed by atoms with Crippen molar-refractivity contribution in [3.8, 4) is 11.3 Å². The molecule has 4 aromatic rings. The van der Waals surface area contributed by atoms with E-state index in [9.17, 15) is 4.79 Å². The van der Waals surface area contributed by atoms with Crippen LogP contribution in [0.25, 0.3) is 33.1 Å². The Morgan fingerprint density at radius 3 is 2.50 bits per heavy atom. The van der Waals surface area contributed by atoms with Gasteiger partial charge < -0.3 is 5.84 Å². The minimum Gasteiger partial charge on any atom is -0.335 e. The number of hydrogen-bond donors (Lipinski definition) is 1. The summed E-state index contributed by atoms with van der Waals surface area (Å²) in [5.74, 6) is 6.28. The van der Waals surface area contributed by atoms with E-state index in [4.69, 9.17) is 22.4 Å². The van der Waals surface area contributed by atoms with Crippen molar-refractivity contribution in [1.82, 2.24) is 14.6 Å². The maximum Gasteiger partial charge on any atom is 0.280 e. The van der Waals surface area contributed by atoms with Gasteiger partial charge in [0.25, 0.3) is 5.56 Å². The number of nitrogen functional groups attached to an aromatic ring is 1. The Morgan fingerprint density at radius 1 is 1.04 bits per heavy atom. The molecule has 0 aliphatic heterocycles. The summed E-state index contributed by atoms with van der Waals surface area (Å²) in [6.07, 6.45) is 0. The molecule has 0 unspecified atom stereocenters. The summed E-state index contributed by atoms with van der Waals surface area (Å²) in [5, 5.41) is 1.85. The van der Waals surface area contributed by atoms with Crippen molar-refractivity contribution < 1.29 is 0 Å². The number of fused-ring (bicyclic) bond motifs is 3. The van der Waals surface area contributed by atoms with Gasteiger partial charge in [-0.25, -0.2) is 14.6 Å². The standard InChI is InChI=1S/C18H13ClN4O/c1-10-21-17-15(18(24)23(10)20)13-4-2-3-5-14(13)22-16(17)11-6-8-12(19)9-7-11/h2-9H,20H2,1H3. The molecule has 0 radical (unpaired) electrons. The Kier molecular flexibility index (Phi) is 3.25. The number of hydrogen-bond acceptors (Lipinski definition) is 4. The number of aromatic nitrogens is 3. The van der Waals surface area contributed by atoms with Gasteiger partial charge in [-0.15, -0.1) is 0 Å². The third-order valence-electron chi connectivity index (χ3n) is 4.04. The van der Waals surface area contributed by atoms with Gasteiger partial charge in [0, 0.05) is 16.0 Å². The molecule has 0 atom stereocenters. The van der Waals surface area contributed by atoms with E-state index in [1.165, 1.54) is 0 Å². The molecule has 0 spiro atoms. The second-order valence-corrected chi connectivity index (χ2v) is 5.98. The molecule has 0 saturated heterocycles. The quantitative estimate of drug-likeness (QED) is 0.427. The van der Waals surface area contributed by atoms with E-state index in [0.717, 1.165) is 21.1 Å². The average molecular weight is 337 g/mol. The van der Waals surface area contributed by atoms with Gasteiger partial charge in [0.15, 0.2) is 0 Å². The molecule has 0 bridgehead atoms. The van der Waals surface area contributed by atoms with Crippen molar-refractivity contribution in [2.24, 2.45) is 0 Å². The molecular formula is C18H13ClN4O. The SMILES string of the molecule is Cc1nc2c(-c3ccc(Cl)cc3)nc3ccccc3c2c(=O)n1N. The van der Waals surface area contributed by atoms with E-state index in [-0.39, 0.29) is 5.56 Å². The summed E-state index contributed by atoms with van der Waals surface area (Å²) in [5.41, 5.74) is 2.46. The number of nitrogens with zero attached hydrogens (tertiary/aromatic N) is 3. The van der Waals surface area contributed by atoms with Crippen molar-refractivity contribution >= 4 is 33.4 Å². The highest BCUT2D eigenvalue weighted by Gasteiger charge is 2.16. The van der Waals surface area contributed by atoms with E-state index in [2.05, 4.69) is 4.98 Å². The summed E-state index contributed by atoms with van der Waals surface area (Å²) in [4.78, 5) is 22.0. The zero-order chi connectivity index (χ0) is 16.8. The van der Waals surface area contributed by atoms with Crippen molar-refractivity contribution in [2.45, 2.75) is 6.92 Å². The first-order valence-corrected chi connectivity index (χ1v) is 7.77. The van der Waals surface area contributed by atoms with Crippen LogP contribution >= 0.6 is 11.6 Å². The zero-order valence-corrected chi connectivity index (χ0v) is 13.6. The Hall–Kier alpha value is -2.92. The molecule has 5 nitrogen and oxygen atoms in total. The molecule has 2 N–H and O–H groups in total. The lowest BCUT2D eigenvalue weighted by atomic mass is 10.0. The Bertz CT molecular complexity index is 1150. The number of halogens is 1. The van der Waals surface area contributed by atoms with E-state index in [1.807, 2.05) is 36.4 Å². The number of para-hydroxylation sites is 1. The minimum atomic E-state index is -0.286. The summed E-state index contributed by atoms with van der Waals surface area (Å²) in [6, 6.07) is 14.8. The molecule has 0 saturated carbocycles. The maximum absolute atomic E-state index is 12.7. The molecule has 0 aliphatic rings. The van der Waals surface area contributed by atoms with E-state index in [1.54, 1.807) is 19.1 Å². The largest absolute Gasteiger partial charge is 0.335 e. The Labute approximate surface area is 142 Å². The van der Waals surface area contributed by atoms with Gasteiger partial charge in [0.2, 0.25) is 0 Å². The topological polar surface area (TPSA) is 73.8 Å². The van der Waals surface area contributed by atoms with E-state index in [0.29, 0.717) is 27.4 Å². The lowest BCUT2D eigenvalue weighted by molar-refractivity contribution is 0.852. The maximum atomic E-state index is 12.7. The first-order chi connectivity index (χ1) is 11.6. The number of aryl methyl sites for hydroxylation is 1. The fourth-order valence-electron chi connectivity index (χ4n) is 2.82. The highest BCUT2D eigenvalue weighted by Crippen LogP contribution is 2.30. The second kappa shape index (κ2) is 5.32. The van der Waals surface area contributed by atoms with Crippen LogP contribution in [0, 0.1) is 6.92 Å². The normalized spacial score (nSPS) is 11.2. The summed E-state index contributed by atoms with van der Waals surface area (Å²) >= 11 is 5.98. The molecule has 4 rings (SSSR count). The average Bonchev–Trinajstić information content (AvgIpc) is 2.59. The van der Waals surface area contributed by atoms with Crippen LogP contribution in [-0.4, -0.2) is 14.6 Å². The third-order valence-corrected chi connectivity index (χ3v) is 4.29. The smallest absolute Gasteiger partial charge is 0.280 e. The first kappa shape index (κ1) is 14.7. The monoisotopic (exact) mass is 336 g/mol. The molecule has 24 heavy (non-hydrogen) atoms. The predicted molar refractivity (Wildman–Crippen MR) is 96.6 cm³/mol. The van der Waals surface area contributed by atoms with Crippen LogP contribution in [0.3, 0.4) is 0 Å². The van der Waals surface area contributed by atoms with Crippen molar-refractivity contribution in [2.75, 3.05) is 5.84 Å². The van der Waals surface area contributed by atoms with Gasteiger partial charge in [-0.3, -0.25) is 4.79 Å². The van der Waals surface area contributed by atoms with Crippen LogP contribution in [0.5, 0.6) is 0 Å². The number of nitrogens with two attached hydrogens (primary N) is 1. The summed E-state index contributed by atoms with van der Waals surface area (Å²) < 4.78 is 1.07. The van der Waals surface area contributed by atoms with Gasteiger partial charge in [0.1, 0.15) is 11.3 Å². The van der Waals surface area contributed by atoms with Crippen LogP contribution in [0.15, 0.2) is 53.3 Å². The molecule has 0 aliphatic carbocycles. The molecule has 6 heteroatoms. The Morgan fingerprint density at radius 2 is 1.75 bits per heavy atom. The summed E-state index contributed by atoms with van der Waals surface area (Å²) in [7, 11) is 0. The fourth-order valence-corrected chi connectivity index (χ4v) is 2.95. The zero-order valence-electron chi connectivity index (χ0n) is 12.8. The van der Waals surface area contributed by atoms with Crippen molar-refractivity contribution in [1.29, 1.82) is 0 Å². The van der Waals surface area contributed by atoms with Gasteiger partial charge in [0.05, 0.1) is 16.6 Å². The highest BCUT2D eigenvalue weighted by molar-refractivity contribution is 6.30. The minimum absolute atomic E-state index is 0.286. The number of rotatable bonds is 1. The summed E-state index contributed by atoms with van der Waals surface area (Å²) in [6.45, 7) is 1.70. The van der Waals surface area contributed by atoms with Gasteiger partial charge in [-0.2, -0.15) is 0 Å². The van der Waals surface area contributed by atoms with Gasteiger partial charge in [-0.05, 0) is 25.1 Å². The first-order valence-electron chi connectivity index (χ1n) is 7.39. The number of pyridine rings is 1. The van der Waals surface area contributed by atoms with E-state index < -0.39 is 0 Å². The fraction of sp³-hybridized carbons (Fsp3) is 0.0556. The Balaban J connectivity index is 2.24. The molecule has 118 valence electrons. The van der Waals surface area contributed by atoms with Crippen molar-refractivity contribution in [3.05, 3.63) is 69.7 Å².